The Morgan fingerprint density at radius 2 is 2.00 bits per heavy atom. The molecule has 0 aliphatic carbocycles. The van der Waals surface area contributed by atoms with Crippen LogP contribution in [0.1, 0.15) is 34.6 Å². The van der Waals surface area contributed by atoms with E-state index in [4.69, 9.17) is 0 Å². The van der Waals surface area contributed by atoms with Crippen LogP contribution in [-0.2, 0) is 6.54 Å². The van der Waals surface area contributed by atoms with Gasteiger partial charge in [0.2, 0.25) is 0 Å². The molecule has 0 atom stereocenters. The van der Waals surface area contributed by atoms with E-state index in [0.29, 0.717) is 18.0 Å². The minimum absolute atomic E-state index is 0.0298. The summed E-state index contributed by atoms with van der Waals surface area (Å²) >= 11 is 1.65. The maximum atomic E-state index is 12.0. The number of nitrogens with one attached hydrogen (secondary N) is 1. The molecule has 2 aromatic rings. The Morgan fingerprint density at radius 1 is 1.25 bits per heavy atom. The standard InChI is InChI=1S/C17H19NOS/c1-13(2)5-6-14-7-9-15(10-8-14)17(19)18-12-16-4-3-11-20-16/h3-11,13H,12H2,1-2H3,(H,18,19)/b6-5+. The molecule has 0 aliphatic rings. The van der Waals surface area contributed by atoms with Crippen molar-refractivity contribution in [3.05, 3.63) is 63.9 Å². The van der Waals surface area contributed by atoms with Gasteiger partial charge >= 0.3 is 0 Å². The predicted octanol–water partition coefficient (Wildman–Crippen LogP) is 4.35. The predicted molar refractivity (Wildman–Crippen MR) is 85.8 cm³/mol. The molecule has 0 saturated carbocycles. The molecule has 2 nitrogen and oxygen atoms in total. The van der Waals surface area contributed by atoms with Crippen molar-refractivity contribution >= 4 is 23.3 Å². The van der Waals surface area contributed by atoms with Gasteiger partial charge in [0.05, 0.1) is 6.54 Å². The van der Waals surface area contributed by atoms with E-state index < -0.39 is 0 Å². The Morgan fingerprint density at radius 3 is 2.60 bits per heavy atom. The second kappa shape index (κ2) is 7.06. The van der Waals surface area contributed by atoms with E-state index in [1.807, 2.05) is 41.8 Å². The lowest BCUT2D eigenvalue weighted by Crippen LogP contribution is -2.22. The van der Waals surface area contributed by atoms with Gasteiger partial charge in [0.15, 0.2) is 0 Å². The van der Waals surface area contributed by atoms with Gasteiger partial charge in [-0.1, -0.05) is 44.2 Å². The van der Waals surface area contributed by atoms with Crippen LogP contribution in [0.15, 0.2) is 47.9 Å². The molecular weight excluding hydrogens is 266 g/mol. The minimum Gasteiger partial charge on any atom is -0.347 e. The molecule has 1 aromatic heterocycles. The van der Waals surface area contributed by atoms with Gasteiger partial charge in [0.25, 0.3) is 5.91 Å². The van der Waals surface area contributed by atoms with Crippen LogP contribution in [0.5, 0.6) is 0 Å². The molecule has 1 heterocycles. The van der Waals surface area contributed by atoms with Crippen LogP contribution < -0.4 is 5.32 Å². The van der Waals surface area contributed by atoms with Gasteiger partial charge in [0.1, 0.15) is 0 Å². The normalized spacial score (nSPS) is 11.2. The Labute approximate surface area is 124 Å². The Hall–Kier alpha value is -1.87. The van der Waals surface area contributed by atoms with Crippen molar-refractivity contribution in [3.63, 3.8) is 0 Å². The van der Waals surface area contributed by atoms with Crippen molar-refractivity contribution in [1.29, 1.82) is 0 Å². The maximum Gasteiger partial charge on any atom is 0.251 e. The SMILES string of the molecule is CC(C)/C=C/c1ccc(C(=O)NCc2cccs2)cc1. The molecule has 104 valence electrons. The largest absolute Gasteiger partial charge is 0.347 e. The second-order valence-corrected chi connectivity index (χ2v) is 6.02. The van der Waals surface area contributed by atoms with Gasteiger partial charge in [-0.05, 0) is 35.1 Å². The van der Waals surface area contributed by atoms with E-state index in [0.717, 1.165) is 10.4 Å². The highest BCUT2D eigenvalue weighted by Crippen LogP contribution is 2.10. The number of carbonyl (C=O) groups is 1. The molecule has 2 rings (SSSR count). The topological polar surface area (TPSA) is 29.1 Å². The van der Waals surface area contributed by atoms with Crippen LogP contribution in [0.4, 0.5) is 0 Å². The number of hydrogen-bond donors (Lipinski definition) is 1. The molecule has 0 spiro atoms. The third kappa shape index (κ3) is 4.35. The van der Waals surface area contributed by atoms with Crippen LogP contribution >= 0.6 is 11.3 Å². The highest BCUT2D eigenvalue weighted by atomic mass is 32.1. The first-order chi connectivity index (χ1) is 9.65. The fourth-order valence-electron chi connectivity index (χ4n) is 1.73. The highest BCUT2D eigenvalue weighted by molar-refractivity contribution is 7.09. The Balaban J connectivity index is 1.93. The smallest absolute Gasteiger partial charge is 0.251 e. The zero-order valence-electron chi connectivity index (χ0n) is 11.8. The Bertz CT molecular complexity index is 568. The number of benzene rings is 1. The third-order valence-corrected chi connectivity index (χ3v) is 3.73. The van der Waals surface area contributed by atoms with Crippen molar-refractivity contribution in [3.8, 4) is 0 Å². The summed E-state index contributed by atoms with van der Waals surface area (Å²) in [6.07, 6.45) is 4.23. The molecule has 1 amide bonds. The lowest BCUT2D eigenvalue weighted by molar-refractivity contribution is 0.0951. The summed E-state index contributed by atoms with van der Waals surface area (Å²) in [5.41, 5.74) is 1.82. The van der Waals surface area contributed by atoms with E-state index in [9.17, 15) is 4.79 Å². The number of amides is 1. The number of hydrogen-bond acceptors (Lipinski definition) is 2. The fraction of sp³-hybridized carbons (Fsp3) is 0.235. The third-order valence-electron chi connectivity index (χ3n) is 2.85. The van der Waals surface area contributed by atoms with Crippen molar-refractivity contribution in [2.75, 3.05) is 0 Å². The van der Waals surface area contributed by atoms with Crippen LogP contribution in [0, 0.1) is 5.92 Å². The first-order valence-corrected chi connectivity index (χ1v) is 7.62. The summed E-state index contributed by atoms with van der Waals surface area (Å²) in [6.45, 7) is 4.87. The average Bonchev–Trinajstić information content (AvgIpc) is 2.96. The van der Waals surface area contributed by atoms with Crippen molar-refractivity contribution < 1.29 is 4.79 Å². The molecule has 3 heteroatoms. The highest BCUT2D eigenvalue weighted by Gasteiger charge is 2.04. The summed E-state index contributed by atoms with van der Waals surface area (Å²) in [5, 5.41) is 4.94. The number of carbonyl (C=O) groups excluding carboxylic acids is 1. The first-order valence-electron chi connectivity index (χ1n) is 6.74. The molecule has 0 unspecified atom stereocenters. The quantitative estimate of drug-likeness (QED) is 0.869. The van der Waals surface area contributed by atoms with Gasteiger partial charge in [-0.25, -0.2) is 0 Å². The number of allylic oxidation sites excluding steroid dienone is 1. The van der Waals surface area contributed by atoms with Crippen LogP contribution in [0.25, 0.3) is 6.08 Å². The van der Waals surface area contributed by atoms with E-state index in [1.54, 1.807) is 11.3 Å². The van der Waals surface area contributed by atoms with Gasteiger partial charge in [-0.3, -0.25) is 4.79 Å². The zero-order valence-corrected chi connectivity index (χ0v) is 12.6. The Kier molecular flexibility index (Phi) is 5.13. The molecule has 20 heavy (non-hydrogen) atoms. The molecule has 0 saturated heterocycles. The second-order valence-electron chi connectivity index (χ2n) is 4.99. The summed E-state index contributed by atoms with van der Waals surface area (Å²) in [5.74, 6) is 0.501. The van der Waals surface area contributed by atoms with E-state index >= 15 is 0 Å². The number of rotatable bonds is 5. The van der Waals surface area contributed by atoms with Crippen molar-refractivity contribution in [1.82, 2.24) is 5.32 Å². The first kappa shape index (κ1) is 14.5. The molecule has 1 N–H and O–H groups in total. The van der Waals surface area contributed by atoms with Crippen LogP contribution in [-0.4, -0.2) is 5.91 Å². The summed E-state index contributed by atoms with van der Waals surface area (Å²) in [4.78, 5) is 13.2. The maximum absolute atomic E-state index is 12.0. The van der Waals surface area contributed by atoms with Crippen LogP contribution in [0.3, 0.4) is 0 Å². The summed E-state index contributed by atoms with van der Waals surface area (Å²) < 4.78 is 0. The van der Waals surface area contributed by atoms with Crippen molar-refractivity contribution in [2.24, 2.45) is 5.92 Å². The van der Waals surface area contributed by atoms with Crippen LogP contribution in [0.2, 0.25) is 0 Å². The van der Waals surface area contributed by atoms with Gasteiger partial charge in [-0.15, -0.1) is 11.3 Å². The molecule has 0 aliphatic heterocycles. The average molecular weight is 285 g/mol. The lowest BCUT2D eigenvalue weighted by Gasteiger charge is -2.04. The number of thiophene rings is 1. The molecule has 0 fully saturated rings. The van der Waals surface area contributed by atoms with E-state index in [2.05, 4.69) is 31.3 Å². The lowest BCUT2D eigenvalue weighted by atomic mass is 10.1. The summed E-state index contributed by atoms with van der Waals surface area (Å²) in [7, 11) is 0. The zero-order chi connectivity index (χ0) is 14.4. The van der Waals surface area contributed by atoms with E-state index in [1.165, 1.54) is 0 Å². The molecule has 0 radical (unpaired) electrons. The van der Waals surface area contributed by atoms with Gasteiger partial charge in [-0.2, -0.15) is 0 Å². The van der Waals surface area contributed by atoms with Crippen molar-refractivity contribution in [2.45, 2.75) is 20.4 Å². The molecular formula is C17H19NOS. The minimum atomic E-state index is -0.0298. The van der Waals surface area contributed by atoms with Gasteiger partial charge < -0.3 is 5.32 Å². The monoisotopic (exact) mass is 285 g/mol. The van der Waals surface area contributed by atoms with E-state index in [-0.39, 0.29) is 5.91 Å². The van der Waals surface area contributed by atoms with Gasteiger partial charge in [0, 0.05) is 10.4 Å². The fourth-order valence-corrected chi connectivity index (χ4v) is 2.38. The molecule has 1 aromatic carbocycles. The summed E-state index contributed by atoms with van der Waals surface area (Å²) in [6, 6.07) is 11.7. The molecule has 0 bridgehead atoms.